The second kappa shape index (κ2) is 9.77. The van der Waals surface area contributed by atoms with Crippen molar-refractivity contribution in [2.24, 2.45) is 0 Å². The van der Waals surface area contributed by atoms with Crippen LogP contribution in [0.15, 0.2) is 30.3 Å². The Kier molecular flexibility index (Phi) is 8.38. The van der Waals surface area contributed by atoms with E-state index in [1.54, 1.807) is 30.3 Å². The number of rotatable bonds is 7. The standard InChI is InChI=1S/C18H22O6.Na.H/c1-21-15-6-5-11(8-14(15)20)7-13(19)12-9-16(22-2)18(24-4)17(10-12)23-3;;/h5-6,8-10,13,19-20H,7H2,1-4H3;;/t13-;;/m1../s1. The summed E-state index contributed by atoms with van der Waals surface area (Å²) < 4.78 is 20.9. The Bertz CT molecular complexity index is 679. The first-order chi connectivity index (χ1) is 11.5. The van der Waals surface area contributed by atoms with Gasteiger partial charge in [0.1, 0.15) is 0 Å². The number of benzene rings is 2. The van der Waals surface area contributed by atoms with Crippen LogP contribution in [0.2, 0.25) is 0 Å². The van der Waals surface area contributed by atoms with Gasteiger partial charge < -0.3 is 29.2 Å². The van der Waals surface area contributed by atoms with E-state index >= 15 is 0 Å². The van der Waals surface area contributed by atoms with Crippen molar-refractivity contribution in [2.75, 3.05) is 28.4 Å². The van der Waals surface area contributed by atoms with Crippen molar-refractivity contribution < 1.29 is 29.2 Å². The minimum atomic E-state index is -0.800. The van der Waals surface area contributed by atoms with Crippen LogP contribution in [0.1, 0.15) is 17.2 Å². The van der Waals surface area contributed by atoms with E-state index in [2.05, 4.69) is 0 Å². The summed E-state index contributed by atoms with van der Waals surface area (Å²) in [7, 11) is 6.06. The van der Waals surface area contributed by atoms with Crippen LogP contribution in [-0.2, 0) is 6.42 Å². The van der Waals surface area contributed by atoms with Crippen LogP contribution in [0.25, 0.3) is 0 Å². The molecule has 7 heteroatoms. The average Bonchev–Trinajstić information content (AvgIpc) is 2.60. The maximum absolute atomic E-state index is 10.5. The number of aliphatic hydroxyl groups is 1. The Morgan fingerprint density at radius 2 is 1.40 bits per heavy atom. The van der Waals surface area contributed by atoms with Crippen LogP contribution in [0.4, 0.5) is 0 Å². The molecule has 0 saturated carbocycles. The Morgan fingerprint density at radius 1 is 0.840 bits per heavy atom. The van der Waals surface area contributed by atoms with E-state index in [0.717, 1.165) is 5.56 Å². The topological polar surface area (TPSA) is 77.4 Å². The van der Waals surface area contributed by atoms with Crippen LogP contribution >= 0.6 is 0 Å². The van der Waals surface area contributed by atoms with E-state index in [4.69, 9.17) is 18.9 Å². The van der Waals surface area contributed by atoms with Crippen LogP contribution in [0, 0.1) is 0 Å². The van der Waals surface area contributed by atoms with Gasteiger partial charge in [0.05, 0.1) is 34.5 Å². The summed E-state index contributed by atoms with van der Waals surface area (Å²) in [5.74, 6) is 1.85. The predicted molar refractivity (Wildman–Crippen MR) is 96.6 cm³/mol. The third-order valence-electron chi connectivity index (χ3n) is 3.74. The molecule has 0 unspecified atom stereocenters. The molecule has 0 fully saturated rings. The summed E-state index contributed by atoms with van der Waals surface area (Å²) in [5, 5.41) is 20.4. The van der Waals surface area contributed by atoms with Gasteiger partial charge in [-0.2, -0.15) is 0 Å². The van der Waals surface area contributed by atoms with Crippen LogP contribution in [0.5, 0.6) is 28.7 Å². The number of hydrogen-bond donors (Lipinski definition) is 2. The second-order valence-corrected chi connectivity index (χ2v) is 5.18. The molecule has 0 aromatic heterocycles. The zero-order valence-electron chi connectivity index (χ0n) is 14.2. The molecular weight excluding hydrogens is 335 g/mol. The number of phenolic OH excluding ortho intramolecular Hbond substituents is 1. The Hall–Kier alpha value is -1.60. The molecule has 2 N–H and O–H groups in total. The number of methoxy groups -OCH3 is 4. The molecule has 0 bridgehead atoms. The molecule has 2 aromatic rings. The summed E-state index contributed by atoms with van der Waals surface area (Å²) >= 11 is 0. The van der Waals surface area contributed by atoms with Gasteiger partial charge in [0.25, 0.3) is 0 Å². The molecule has 0 spiro atoms. The van der Waals surface area contributed by atoms with Gasteiger partial charge >= 0.3 is 29.6 Å². The molecule has 2 rings (SSSR count). The summed E-state index contributed by atoms with van der Waals surface area (Å²) in [4.78, 5) is 0. The molecule has 0 aliphatic heterocycles. The monoisotopic (exact) mass is 358 g/mol. The van der Waals surface area contributed by atoms with Crippen molar-refractivity contribution in [3.05, 3.63) is 41.5 Å². The van der Waals surface area contributed by atoms with Crippen LogP contribution in [-0.4, -0.2) is 68.2 Å². The van der Waals surface area contributed by atoms with Crippen LogP contribution < -0.4 is 18.9 Å². The third-order valence-corrected chi connectivity index (χ3v) is 3.74. The van der Waals surface area contributed by atoms with Crippen molar-refractivity contribution in [1.29, 1.82) is 0 Å². The van der Waals surface area contributed by atoms with E-state index < -0.39 is 6.10 Å². The van der Waals surface area contributed by atoms with Gasteiger partial charge in [-0.15, -0.1) is 0 Å². The van der Waals surface area contributed by atoms with E-state index in [-0.39, 0.29) is 35.3 Å². The van der Waals surface area contributed by atoms with Crippen LogP contribution in [0.3, 0.4) is 0 Å². The van der Waals surface area contributed by atoms with Crippen molar-refractivity contribution in [3.63, 3.8) is 0 Å². The van der Waals surface area contributed by atoms with E-state index in [1.165, 1.54) is 28.4 Å². The molecule has 2 aromatic carbocycles. The molecule has 0 amide bonds. The molecule has 1 atom stereocenters. The summed E-state index contributed by atoms with van der Waals surface area (Å²) in [6.07, 6.45) is -0.484. The van der Waals surface area contributed by atoms with Gasteiger partial charge in [0.15, 0.2) is 23.0 Å². The Labute approximate surface area is 169 Å². The normalized spacial score (nSPS) is 11.2. The molecule has 0 heterocycles. The summed E-state index contributed by atoms with van der Waals surface area (Å²) in [6, 6.07) is 8.43. The molecule has 25 heavy (non-hydrogen) atoms. The first kappa shape index (κ1) is 21.4. The molecule has 6 nitrogen and oxygen atoms in total. The van der Waals surface area contributed by atoms with E-state index in [1.807, 2.05) is 0 Å². The average molecular weight is 358 g/mol. The predicted octanol–water partition coefficient (Wildman–Crippen LogP) is 2.05. The van der Waals surface area contributed by atoms with Crippen molar-refractivity contribution in [3.8, 4) is 28.7 Å². The van der Waals surface area contributed by atoms with Crippen molar-refractivity contribution >= 4 is 29.6 Å². The van der Waals surface area contributed by atoms with Crippen molar-refractivity contribution in [1.82, 2.24) is 0 Å². The maximum atomic E-state index is 10.5. The number of aliphatic hydroxyl groups excluding tert-OH is 1. The molecule has 132 valence electrons. The van der Waals surface area contributed by atoms with Gasteiger partial charge in [-0.1, -0.05) is 6.07 Å². The molecule has 0 radical (unpaired) electrons. The van der Waals surface area contributed by atoms with E-state index in [0.29, 0.717) is 35.0 Å². The van der Waals surface area contributed by atoms with Gasteiger partial charge in [-0.05, 0) is 35.4 Å². The van der Waals surface area contributed by atoms with E-state index in [9.17, 15) is 10.2 Å². The first-order valence-electron chi connectivity index (χ1n) is 7.37. The zero-order chi connectivity index (χ0) is 17.7. The Morgan fingerprint density at radius 3 is 1.84 bits per heavy atom. The van der Waals surface area contributed by atoms with Gasteiger partial charge in [-0.25, -0.2) is 0 Å². The quantitative estimate of drug-likeness (QED) is 0.738. The Balaban J connectivity index is 0.00000312. The number of phenols is 1. The zero-order valence-corrected chi connectivity index (χ0v) is 14.2. The molecular formula is C18H23NaO6. The van der Waals surface area contributed by atoms with Gasteiger partial charge in [-0.3, -0.25) is 0 Å². The summed E-state index contributed by atoms with van der Waals surface area (Å²) in [6.45, 7) is 0. The number of hydrogen-bond acceptors (Lipinski definition) is 6. The molecule has 0 aliphatic carbocycles. The number of aromatic hydroxyl groups is 1. The fourth-order valence-corrected chi connectivity index (χ4v) is 2.50. The van der Waals surface area contributed by atoms with Gasteiger partial charge in [0.2, 0.25) is 5.75 Å². The minimum absolute atomic E-state index is 0. The molecule has 0 saturated heterocycles. The molecule has 0 aliphatic rings. The van der Waals surface area contributed by atoms with Gasteiger partial charge in [0, 0.05) is 6.42 Å². The first-order valence-corrected chi connectivity index (χ1v) is 7.37. The SMILES string of the molecule is COc1ccc(C[C@@H](O)c2cc(OC)c(OC)c(OC)c2)cc1O.[NaH]. The second-order valence-electron chi connectivity index (χ2n) is 5.18. The fraction of sp³-hybridized carbons (Fsp3) is 0.333. The summed E-state index contributed by atoms with van der Waals surface area (Å²) in [5.41, 5.74) is 1.40. The van der Waals surface area contributed by atoms with Crippen molar-refractivity contribution in [2.45, 2.75) is 12.5 Å². The fourth-order valence-electron chi connectivity index (χ4n) is 2.50. The third kappa shape index (κ3) is 4.95. The number of ether oxygens (including phenoxy) is 4.